The molecule has 1 rings (SSSR count). The largest absolute Gasteiger partial charge is 0.395 e. The minimum atomic E-state index is 0.166. The lowest BCUT2D eigenvalue weighted by molar-refractivity contribution is 0.298. The number of rotatable bonds is 4. The van der Waals surface area contributed by atoms with Crippen molar-refractivity contribution in [3.05, 3.63) is 42.1 Å². The van der Waals surface area contributed by atoms with Crippen molar-refractivity contribution < 1.29 is 5.11 Å². The van der Waals surface area contributed by atoms with E-state index in [0.29, 0.717) is 6.54 Å². The lowest BCUT2D eigenvalue weighted by atomic mass is 10.2. The first-order valence-corrected chi connectivity index (χ1v) is 3.99. The predicted molar refractivity (Wildman–Crippen MR) is 50.6 cm³/mol. The van der Waals surface area contributed by atoms with Crippen LogP contribution in [-0.4, -0.2) is 18.3 Å². The van der Waals surface area contributed by atoms with E-state index in [1.165, 1.54) is 0 Å². The summed E-state index contributed by atoms with van der Waals surface area (Å²) in [5.74, 6) is 0. The van der Waals surface area contributed by atoms with Crippen molar-refractivity contribution in [1.29, 1.82) is 0 Å². The van der Waals surface area contributed by atoms with Crippen LogP contribution < -0.4 is 5.32 Å². The standard InChI is InChI=1S/C10H13NO/c12-9-8-11-7-6-10-4-2-1-3-5-10/h1-7,11-12H,8-9H2. The van der Waals surface area contributed by atoms with Gasteiger partial charge in [-0.3, -0.25) is 0 Å². The van der Waals surface area contributed by atoms with Gasteiger partial charge in [-0.1, -0.05) is 30.3 Å². The Bertz CT molecular complexity index is 231. The molecule has 0 radical (unpaired) electrons. The molecule has 0 bridgehead atoms. The van der Waals surface area contributed by atoms with Crippen molar-refractivity contribution >= 4 is 6.08 Å². The van der Waals surface area contributed by atoms with Crippen LogP contribution in [0.5, 0.6) is 0 Å². The van der Waals surface area contributed by atoms with Gasteiger partial charge in [0.1, 0.15) is 0 Å². The molecule has 2 N–H and O–H groups in total. The van der Waals surface area contributed by atoms with Crippen LogP contribution >= 0.6 is 0 Å². The normalized spacial score (nSPS) is 10.4. The third kappa shape index (κ3) is 3.21. The SMILES string of the molecule is OCCNC=Cc1ccccc1. The van der Waals surface area contributed by atoms with Crippen molar-refractivity contribution in [2.24, 2.45) is 0 Å². The quantitative estimate of drug-likeness (QED) is 0.654. The molecule has 0 amide bonds. The topological polar surface area (TPSA) is 32.3 Å². The second-order valence-electron chi connectivity index (χ2n) is 2.42. The van der Waals surface area contributed by atoms with Crippen LogP contribution in [0.1, 0.15) is 5.56 Å². The first-order chi connectivity index (χ1) is 5.93. The van der Waals surface area contributed by atoms with E-state index in [9.17, 15) is 0 Å². The molecule has 1 aromatic carbocycles. The molecule has 0 fully saturated rings. The van der Waals surface area contributed by atoms with Crippen molar-refractivity contribution in [3.63, 3.8) is 0 Å². The van der Waals surface area contributed by atoms with E-state index in [2.05, 4.69) is 5.32 Å². The van der Waals surface area contributed by atoms with Gasteiger partial charge in [-0.15, -0.1) is 0 Å². The smallest absolute Gasteiger partial charge is 0.0603 e. The highest BCUT2D eigenvalue weighted by Crippen LogP contribution is 1.99. The molecule has 0 aliphatic rings. The van der Waals surface area contributed by atoms with Gasteiger partial charge in [-0.05, 0) is 17.8 Å². The molecule has 64 valence electrons. The molecular weight excluding hydrogens is 150 g/mol. The van der Waals surface area contributed by atoms with Crippen molar-refractivity contribution in [2.75, 3.05) is 13.2 Å². The molecule has 0 atom stereocenters. The summed E-state index contributed by atoms with van der Waals surface area (Å²) < 4.78 is 0. The van der Waals surface area contributed by atoms with E-state index >= 15 is 0 Å². The van der Waals surface area contributed by atoms with Crippen molar-refractivity contribution in [1.82, 2.24) is 5.32 Å². The zero-order valence-electron chi connectivity index (χ0n) is 6.90. The molecule has 0 heterocycles. The number of hydrogen-bond acceptors (Lipinski definition) is 2. The van der Waals surface area contributed by atoms with Gasteiger partial charge in [0.2, 0.25) is 0 Å². The number of hydrogen-bond donors (Lipinski definition) is 2. The summed E-state index contributed by atoms with van der Waals surface area (Å²) in [6.07, 6.45) is 3.81. The van der Waals surface area contributed by atoms with Gasteiger partial charge in [0, 0.05) is 6.54 Å². The van der Waals surface area contributed by atoms with Crippen LogP contribution in [0.3, 0.4) is 0 Å². The monoisotopic (exact) mass is 163 g/mol. The zero-order chi connectivity index (χ0) is 8.65. The zero-order valence-corrected chi connectivity index (χ0v) is 6.90. The Morgan fingerprint density at radius 2 is 2.00 bits per heavy atom. The Kier molecular flexibility index (Phi) is 3.95. The molecule has 0 spiro atoms. The molecule has 0 saturated heterocycles. The summed E-state index contributed by atoms with van der Waals surface area (Å²) in [6.45, 7) is 0.766. The van der Waals surface area contributed by atoms with Crippen LogP contribution in [0.2, 0.25) is 0 Å². The van der Waals surface area contributed by atoms with Crippen molar-refractivity contribution in [2.45, 2.75) is 0 Å². The van der Waals surface area contributed by atoms with Crippen molar-refractivity contribution in [3.8, 4) is 0 Å². The molecule has 1 aromatic rings. The maximum atomic E-state index is 8.47. The van der Waals surface area contributed by atoms with E-state index in [-0.39, 0.29) is 6.61 Å². The molecule has 0 unspecified atom stereocenters. The number of nitrogens with one attached hydrogen (secondary N) is 1. The van der Waals surface area contributed by atoms with E-state index in [1.807, 2.05) is 42.6 Å². The third-order valence-corrected chi connectivity index (χ3v) is 1.45. The molecule has 0 aliphatic heterocycles. The predicted octanol–water partition coefficient (Wildman–Crippen LogP) is 1.24. The fraction of sp³-hybridized carbons (Fsp3) is 0.200. The molecule has 2 heteroatoms. The Morgan fingerprint density at radius 1 is 1.25 bits per heavy atom. The summed E-state index contributed by atoms with van der Waals surface area (Å²) in [6, 6.07) is 10.0. The van der Waals surface area contributed by atoms with Crippen LogP contribution in [-0.2, 0) is 0 Å². The first-order valence-electron chi connectivity index (χ1n) is 3.99. The van der Waals surface area contributed by atoms with Crippen LogP contribution in [0, 0.1) is 0 Å². The van der Waals surface area contributed by atoms with E-state index < -0.39 is 0 Å². The minimum absolute atomic E-state index is 0.166. The van der Waals surface area contributed by atoms with Crippen LogP contribution in [0.15, 0.2) is 36.5 Å². The second-order valence-corrected chi connectivity index (χ2v) is 2.42. The molecule has 12 heavy (non-hydrogen) atoms. The molecular formula is C10H13NO. The molecule has 0 saturated carbocycles. The summed E-state index contributed by atoms with van der Waals surface area (Å²) >= 11 is 0. The first kappa shape index (κ1) is 8.81. The van der Waals surface area contributed by atoms with E-state index in [1.54, 1.807) is 0 Å². The lowest BCUT2D eigenvalue weighted by Gasteiger charge is -1.94. The number of benzene rings is 1. The Morgan fingerprint density at radius 3 is 2.67 bits per heavy atom. The second kappa shape index (κ2) is 5.38. The number of aliphatic hydroxyl groups excluding tert-OH is 1. The van der Waals surface area contributed by atoms with Gasteiger partial charge < -0.3 is 10.4 Å². The van der Waals surface area contributed by atoms with Crippen LogP contribution in [0.25, 0.3) is 6.08 Å². The Balaban J connectivity index is 2.36. The average Bonchev–Trinajstić information content (AvgIpc) is 2.14. The highest BCUT2D eigenvalue weighted by molar-refractivity contribution is 5.48. The summed E-state index contributed by atoms with van der Waals surface area (Å²) in [5, 5.41) is 11.4. The van der Waals surface area contributed by atoms with Crippen LogP contribution in [0.4, 0.5) is 0 Å². The van der Waals surface area contributed by atoms with Gasteiger partial charge >= 0.3 is 0 Å². The van der Waals surface area contributed by atoms with Gasteiger partial charge in [-0.2, -0.15) is 0 Å². The van der Waals surface area contributed by atoms with E-state index in [4.69, 9.17) is 5.11 Å². The lowest BCUT2D eigenvalue weighted by Crippen LogP contribution is -2.09. The Hall–Kier alpha value is -1.28. The van der Waals surface area contributed by atoms with Gasteiger partial charge in [0.25, 0.3) is 0 Å². The summed E-state index contributed by atoms with van der Waals surface area (Å²) in [5.41, 5.74) is 1.16. The van der Waals surface area contributed by atoms with Gasteiger partial charge in [0.05, 0.1) is 6.61 Å². The maximum Gasteiger partial charge on any atom is 0.0603 e. The summed E-state index contributed by atoms with van der Waals surface area (Å²) in [7, 11) is 0. The maximum absolute atomic E-state index is 8.47. The fourth-order valence-electron chi connectivity index (χ4n) is 0.867. The average molecular weight is 163 g/mol. The summed E-state index contributed by atoms with van der Waals surface area (Å²) in [4.78, 5) is 0. The molecule has 0 aliphatic carbocycles. The fourth-order valence-corrected chi connectivity index (χ4v) is 0.867. The highest BCUT2D eigenvalue weighted by atomic mass is 16.3. The highest BCUT2D eigenvalue weighted by Gasteiger charge is 1.80. The Labute approximate surface area is 72.5 Å². The van der Waals surface area contributed by atoms with Gasteiger partial charge in [-0.25, -0.2) is 0 Å². The minimum Gasteiger partial charge on any atom is -0.395 e. The number of aliphatic hydroxyl groups is 1. The molecule has 0 aromatic heterocycles. The van der Waals surface area contributed by atoms with Gasteiger partial charge in [0.15, 0.2) is 0 Å². The molecule has 2 nitrogen and oxygen atoms in total. The third-order valence-electron chi connectivity index (χ3n) is 1.45. The van der Waals surface area contributed by atoms with E-state index in [0.717, 1.165) is 5.56 Å².